The van der Waals surface area contributed by atoms with Crippen molar-refractivity contribution in [1.82, 2.24) is 19.4 Å². The first kappa shape index (κ1) is 10.1. The fourth-order valence-electron chi connectivity index (χ4n) is 1.90. The molecule has 2 aromatic heterocycles. The first-order valence-electron chi connectivity index (χ1n) is 5.19. The van der Waals surface area contributed by atoms with Crippen LogP contribution in [0, 0.1) is 11.7 Å². The molecule has 0 atom stereocenters. The standard InChI is InChI=1S/C11H11N5S/c1-7-9-10(15(12)11(17)13-9)16(14-7)8-5-3-2-4-6-8/h2-6H,12H2,1H3,(H,13,17). The lowest BCUT2D eigenvalue weighted by Crippen LogP contribution is -2.11. The van der Waals surface area contributed by atoms with Crippen LogP contribution >= 0.6 is 12.2 Å². The third kappa shape index (κ3) is 1.38. The van der Waals surface area contributed by atoms with Crippen molar-refractivity contribution in [3.8, 4) is 5.69 Å². The maximum atomic E-state index is 5.91. The number of aryl methyl sites for hydroxylation is 1. The molecule has 5 nitrogen and oxygen atoms in total. The Morgan fingerprint density at radius 1 is 1.29 bits per heavy atom. The van der Waals surface area contributed by atoms with E-state index in [1.165, 1.54) is 4.68 Å². The minimum absolute atomic E-state index is 0.491. The fraction of sp³-hybridized carbons (Fsp3) is 0.0909. The first-order chi connectivity index (χ1) is 8.18. The van der Waals surface area contributed by atoms with Gasteiger partial charge in [0.15, 0.2) is 10.4 Å². The summed E-state index contributed by atoms with van der Waals surface area (Å²) in [5, 5.41) is 4.46. The number of nitrogens with zero attached hydrogens (tertiary/aromatic N) is 3. The average molecular weight is 245 g/mol. The molecule has 0 saturated heterocycles. The highest BCUT2D eigenvalue weighted by molar-refractivity contribution is 7.71. The van der Waals surface area contributed by atoms with Gasteiger partial charge in [-0.15, -0.1) is 0 Å². The van der Waals surface area contributed by atoms with Crippen molar-refractivity contribution in [1.29, 1.82) is 0 Å². The quantitative estimate of drug-likeness (QED) is 0.508. The minimum Gasteiger partial charge on any atom is -0.335 e. The maximum Gasteiger partial charge on any atom is 0.198 e. The molecule has 6 heteroatoms. The van der Waals surface area contributed by atoms with Crippen LogP contribution < -0.4 is 5.84 Å². The number of hydrogen-bond donors (Lipinski definition) is 2. The second kappa shape index (κ2) is 3.46. The van der Waals surface area contributed by atoms with Gasteiger partial charge in [-0.1, -0.05) is 18.2 Å². The number of fused-ring (bicyclic) bond motifs is 1. The van der Waals surface area contributed by atoms with Crippen LogP contribution in [0.3, 0.4) is 0 Å². The largest absolute Gasteiger partial charge is 0.335 e. The highest BCUT2D eigenvalue weighted by Gasteiger charge is 2.13. The molecule has 0 spiro atoms. The van der Waals surface area contributed by atoms with Crippen molar-refractivity contribution in [3.05, 3.63) is 40.8 Å². The first-order valence-corrected chi connectivity index (χ1v) is 5.60. The van der Waals surface area contributed by atoms with Gasteiger partial charge in [0.05, 0.1) is 11.4 Å². The monoisotopic (exact) mass is 245 g/mol. The van der Waals surface area contributed by atoms with Gasteiger partial charge in [0.2, 0.25) is 0 Å². The number of nitrogens with one attached hydrogen (secondary N) is 1. The van der Waals surface area contributed by atoms with E-state index in [9.17, 15) is 0 Å². The predicted octanol–water partition coefficient (Wildman–Crippen LogP) is 1.91. The molecule has 2 heterocycles. The summed E-state index contributed by atoms with van der Waals surface area (Å²) in [4.78, 5) is 3.05. The Bertz CT molecular complexity index is 734. The molecule has 0 aliphatic heterocycles. The van der Waals surface area contributed by atoms with E-state index in [4.69, 9.17) is 18.1 Å². The van der Waals surface area contributed by atoms with Gasteiger partial charge in [-0.3, -0.25) is 0 Å². The van der Waals surface area contributed by atoms with Crippen molar-refractivity contribution >= 4 is 23.4 Å². The molecule has 0 aliphatic rings. The minimum atomic E-state index is 0.491. The average Bonchev–Trinajstić information content (AvgIpc) is 2.81. The Hall–Kier alpha value is -2.08. The van der Waals surface area contributed by atoms with Gasteiger partial charge < -0.3 is 10.8 Å². The number of imidazole rings is 1. The van der Waals surface area contributed by atoms with Gasteiger partial charge in [-0.25, -0.2) is 9.36 Å². The van der Waals surface area contributed by atoms with Crippen LogP contribution in [-0.2, 0) is 0 Å². The molecular weight excluding hydrogens is 234 g/mol. The van der Waals surface area contributed by atoms with E-state index in [1.54, 1.807) is 4.68 Å². The number of para-hydroxylation sites is 1. The summed E-state index contributed by atoms with van der Waals surface area (Å²) in [7, 11) is 0. The van der Waals surface area contributed by atoms with Crippen LogP contribution in [0.15, 0.2) is 30.3 Å². The lowest BCUT2D eigenvalue weighted by Gasteiger charge is -2.02. The van der Waals surface area contributed by atoms with E-state index < -0.39 is 0 Å². The van der Waals surface area contributed by atoms with Gasteiger partial charge in [0, 0.05) is 0 Å². The number of hydrogen-bond acceptors (Lipinski definition) is 3. The van der Waals surface area contributed by atoms with Crippen molar-refractivity contribution in [3.63, 3.8) is 0 Å². The normalized spacial score (nSPS) is 11.1. The summed E-state index contributed by atoms with van der Waals surface area (Å²) >= 11 is 5.12. The number of aromatic nitrogens is 4. The Morgan fingerprint density at radius 2 is 2.00 bits per heavy atom. The fourth-order valence-corrected chi connectivity index (χ4v) is 2.09. The Morgan fingerprint density at radius 3 is 2.71 bits per heavy atom. The summed E-state index contributed by atoms with van der Waals surface area (Å²) in [6.07, 6.45) is 0. The Kier molecular flexibility index (Phi) is 2.05. The molecule has 3 aromatic rings. The number of rotatable bonds is 1. The van der Waals surface area contributed by atoms with Gasteiger partial charge in [0.25, 0.3) is 0 Å². The third-order valence-corrected chi connectivity index (χ3v) is 3.01. The molecule has 0 radical (unpaired) electrons. The van der Waals surface area contributed by atoms with E-state index in [1.807, 2.05) is 37.3 Å². The summed E-state index contributed by atoms with van der Waals surface area (Å²) in [6.45, 7) is 1.92. The van der Waals surface area contributed by atoms with Crippen molar-refractivity contribution in [2.75, 3.05) is 5.84 Å². The molecule has 0 bridgehead atoms. The van der Waals surface area contributed by atoms with Crippen LogP contribution in [0.2, 0.25) is 0 Å². The molecule has 0 saturated carbocycles. The molecule has 3 rings (SSSR count). The molecule has 1 aromatic carbocycles. The molecule has 86 valence electrons. The number of benzene rings is 1. The highest BCUT2D eigenvalue weighted by atomic mass is 32.1. The zero-order chi connectivity index (χ0) is 12.0. The second-order valence-corrected chi connectivity index (χ2v) is 4.22. The zero-order valence-corrected chi connectivity index (χ0v) is 10.0. The van der Waals surface area contributed by atoms with Crippen LogP contribution in [0.25, 0.3) is 16.9 Å². The lowest BCUT2D eigenvalue weighted by atomic mass is 10.3. The second-order valence-electron chi connectivity index (χ2n) is 3.83. The van der Waals surface area contributed by atoms with Gasteiger partial charge >= 0.3 is 0 Å². The Balaban J connectivity index is 2.42. The molecule has 0 amide bonds. The zero-order valence-electron chi connectivity index (χ0n) is 9.21. The van der Waals surface area contributed by atoms with E-state index in [0.717, 1.165) is 22.5 Å². The SMILES string of the molecule is Cc1nn(-c2ccccc2)c2c1[nH]c(=S)n2N. The summed E-state index contributed by atoms with van der Waals surface area (Å²) in [5.41, 5.74) is 3.48. The van der Waals surface area contributed by atoms with Crippen molar-refractivity contribution in [2.24, 2.45) is 0 Å². The van der Waals surface area contributed by atoms with Crippen LogP contribution in [0.1, 0.15) is 5.69 Å². The van der Waals surface area contributed by atoms with Crippen molar-refractivity contribution < 1.29 is 0 Å². The number of nitrogens with two attached hydrogens (primary N) is 1. The third-order valence-electron chi connectivity index (χ3n) is 2.72. The molecule has 0 fully saturated rings. The summed E-state index contributed by atoms with van der Waals surface area (Å²) < 4.78 is 3.72. The molecule has 0 aliphatic carbocycles. The van der Waals surface area contributed by atoms with Gasteiger partial charge in [-0.2, -0.15) is 5.10 Å². The summed E-state index contributed by atoms with van der Waals surface area (Å²) in [5.74, 6) is 5.91. The highest BCUT2D eigenvalue weighted by Crippen LogP contribution is 2.19. The maximum absolute atomic E-state index is 5.91. The topological polar surface area (TPSA) is 64.6 Å². The van der Waals surface area contributed by atoms with Crippen LogP contribution in [-0.4, -0.2) is 19.4 Å². The van der Waals surface area contributed by atoms with E-state index >= 15 is 0 Å². The predicted molar refractivity (Wildman–Crippen MR) is 69.1 cm³/mol. The number of aromatic amines is 1. The van der Waals surface area contributed by atoms with Gasteiger partial charge in [-0.05, 0) is 31.3 Å². The van der Waals surface area contributed by atoms with Crippen LogP contribution in [0.4, 0.5) is 0 Å². The Labute approximate surface area is 102 Å². The number of nitrogen functional groups attached to an aromatic ring is 1. The van der Waals surface area contributed by atoms with E-state index in [-0.39, 0.29) is 0 Å². The molecule has 3 N–H and O–H groups in total. The summed E-state index contributed by atoms with van der Waals surface area (Å²) in [6, 6.07) is 9.83. The lowest BCUT2D eigenvalue weighted by molar-refractivity contribution is 0.841. The molecule has 0 unspecified atom stereocenters. The van der Waals surface area contributed by atoms with E-state index in [0.29, 0.717) is 4.77 Å². The molecular formula is C11H11N5S. The van der Waals surface area contributed by atoms with Crippen molar-refractivity contribution in [2.45, 2.75) is 6.92 Å². The molecule has 17 heavy (non-hydrogen) atoms. The van der Waals surface area contributed by atoms with Crippen LogP contribution in [0.5, 0.6) is 0 Å². The van der Waals surface area contributed by atoms with Gasteiger partial charge in [0.1, 0.15) is 5.52 Å². The smallest absolute Gasteiger partial charge is 0.198 e. The van der Waals surface area contributed by atoms with E-state index in [2.05, 4.69) is 10.1 Å². The number of H-pyrrole nitrogens is 1.